The van der Waals surface area contributed by atoms with E-state index in [0.29, 0.717) is 18.5 Å². The highest BCUT2D eigenvalue weighted by Crippen LogP contribution is 2.43. The van der Waals surface area contributed by atoms with Gasteiger partial charge in [-0.2, -0.15) is 0 Å². The first kappa shape index (κ1) is 16.6. The third-order valence-electron chi connectivity index (χ3n) is 6.30. The smallest absolute Gasteiger partial charge is 0.236 e. The molecule has 4 rings (SSSR count). The molecule has 1 aromatic carbocycles. The largest absolute Gasteiger partial charge is 0.369 e. The van der Waals surface area contributed by atoms with Gasteiger partial charge in [0, 0.05) is 19.6 Å². The zero-order chi connectivity index (χ0) is 17.4. The van der Waals surface area contributed by atoms with Gasteiger partial charge in [0.15, 0.2) is 0 Å². The minimum absolute atomic E-state index is 0.151. The first-order chi connectivity index (χ1) is 12.0. The molecule has 0 aromatic heterocycles. The van der Waals surface area contributed by atoms with E-state index in [2.05, 4.69) is 29.2 Å². The Morgan fingerprint density at radius 2 is 1.88 bits per heavy atom. The molecule has 2 fully saturated rings. The van der Waals surface area contributed by atoms with Crippen LogP contribution in [0.4, 0.5) is 0 Å². The van der Waals surface area contributed by atoms with Gasteiger partial charge in [-0.05, 0) is 55.2 Å². The van der Waals surface area contributed by atoms with E-state index in [9.17, 15) is 9.59 Å². The molecule has 0 radical (unpaired) electrons. The number of carbonyl (C=O) groups excluding carboxylic acids is 2. The molecule has 1 unspecified atom stereocenters. The summed E-state index contributed by atoms with van der Waals surface area (Å²) in [5, 5.41) is 0. The molecular formula is C20H27N3O2. The van der Waals surface area contributed by atoms with Gasteiger partial charge < -0.3 is 10.6 Å². The molecule has 1 atom stereocenters. The number of rotatable bonds is 3. The number of hydrogen-bond donors (Lipinski definition) is 1. The van der Waals surface area contributed by atoms with Crippen LogP contribution in [0.15, 0.2) is 24.3 Å². The van der Waals surface area contributed by atoms with Crippen LogP contribution in [-0.4, -0.2) is 54.3 Å². The van der Waals surface area contributed by atoms with E-state index < -0.39 is 0 Å². The van der Waals surface area contributed by atoms with Crippen LogP contribution in [0.25, 0.3) is 0 Å². The zero-order valence-corrected chi connectivity index (χ0v) is 14.7. The van der Waals surface area contributed by atoms with Crippen LogP contribution in [0.2, 0.25) is 0 Å². The lowest BCUT2D eigenvalue weighted by molar-refractivity contribution is -0.135. The monoisotopic (exact) mass is 341 g/mol. The Kier molecular flexibility index (Phi) is 4.28. The highest BCUT2D eigenvalue weighted by atomic mass is 16.2. The molecule has 0 saturated carbocycles. The molecule has 2 N–H and O–H groups in total. The van der Waals surface area contributed by atoms with Gasteiger partial charge in [0.2, 0.25) is 11.8 Å². The van der Waals surface area contributed by atoms with E-state index >= 15 is 0 Å². The number of nitrogens with zero attached hydrogens (tertiary/aromatic N) is 2. The predicted octanol–water partition coefficient (Wildman–Crippen LogP) is 1.20. The maximum Gasteiger partial charge on any atom is 0.236 e. The summed E-state index contributed by atoms with van der Waals surface area (Å²) in [4.78, 5) is 28.2. The maximum absolute atomic E-state index is 12.7. The SMILES string of the molecule is NC(=O)C1CCCN(C(=O)CN2CCC3(Cc4ccccc4C3)C2)C1. The van der Waals surface area contributed by atoms with E-state index in [0.717, 1.165) is 45.3 Å². The summed E-state index contributed by atoms with van der Waals surface area (Å²) in [5.41, 5.74) is 8.71. The van der Waals surface area contributed by atoms with Crippen molar-refractivity contribution in [1.82, 2.24) is 9.80 Å². The van der Waals surface area contributed by atoms with Crippen LogP contribution in [0.1, 0.15) is 30.4 Å². The van der Waals surface area contributed by atoms with Gasteiger partial charge in [0.25, 0.3) is 0 Å². The number of benzene rings is 1. The van der Waals surface area contributed by atoms with Gasteiger partial charge in [-0.25, -0.2) is 0 Å². The summed E-state index contributed by atoms with van der Waals surface area (Å²) < 4.78 is 0. The van der Waals surface area contributed by atoms with Gasteiger partial charge in [-0.15, -0.1) is 0 Å². The third-order valence-corrected chi connectivity index (χ3v) is 6.30. The van der Waals surface area contributed by atoms with E-state index in [-0.39, 0.29) is 17.7 Å². The predicted molar refractivity (Wildman–Crippen MR) is 95.8 cm³/mol. The van der Waals surface area contributed by atoms with Crippen molar-refractivity contribution in [2.75, 3.05) is 32.7 Å². The number of piperidine rings is 1. The Labute approximate surface area is 149 Å². The second-order valence-electron chi connectivity index (χ2n) is 8.16. The minimum Gasteiger partial charge on any atom is -0.369 e. The fourth-order valence-electron chi connectivity index (χ4n) is 4.95. The van der Waals surface area contributed by atoms with Crippen LogP contribution in [0.3, 0.4) is 0 Å². The summed E-state index contributed by atoms with van der Waals surface area (Å²) in [6, 6.07) is 8.74. The molecule has 2 heterocycles. The number of primary amides is 1. The third kappa shape index (κ3) is 3.30. The molecular weight excluding hydrogens is 314 g/mol. The molecule has 3 aliphatic rings. The van der Waals surface area contributed by atoms with Crippen LogP contribution in [-0.2, 0) is 22.4 Å². The molecule has 1 aromatic rings. The first-order valence-corrected chi connectivity index (χ1v) is 9.41. The molecule has 0 bridgehead atoms. The van der Waals surface area contributed by atoms with Crippen molar-refractivity contribution in [3.05, 3.63) is 35.4 Å². The lowest BCUT2D eigenvalue weighted by Gasteiger charge is -2.32. The summed E-state index contributed by atoms with van der Waals surface area (Å²) in [7, 11) is 0. The first-order valence-electron chi connectivity index (χ1n) is 9.41. The Bertz CT molecular complexity index is 662. The number of hydrogen-bond acceptors (Lipinski definition) is 3. The highest BCUT2D eigenvalue weighted by molar-refractivity contribution is 5.81. The summed E-state index contributed by atoms with van der Waals surface area (Å²) in [5.74, 6) is -0.299. The van der Waals surface area contributed by atoms with Crippen LogP contribution < -0.4 is 5.73 Å². The zero-order valence-electron chi connectivity index (χ0n) is 14.7. The standard InChI is InChI=1S/C20H27N3O2/c21-19(25)17-6-3-8-23(12-17)18(24)13-22-9-7-20(14-22)10-15-4-1-2-5-16(15)11-20/h1-2,4-5,17H,3,6-14H2,(H2,21,25). The number of fused-ring (bicyclic) bond motifs is 1. The van der Waals surface area contributed by atoms with Crippen molar-refractivity contribution in [2.45, 2.75) is 32.1 Å². The molecule has 2 amide bonds. The second-order valence-corrected chi connectivity index (χ2v) is 8.16. The molecule has 2 saturated heterocycles. The van der Waals surface area contributed by atoms with Crippen molar-refractivity contribution in [3.63, 3.8) is 0 Å². The lowest BCUT2D eigenvalue weighted by atomic mass is 9.84. The fraction of sp³-hybridized carbons (Fsp3) is 0.600. The summed E-state index contributed by atoms with van der Waals surface area (Å²) in [6.45, 7) is 3.72. The summed E-state index contributed by atoms with van der Waals surface area (Å²) >= 11 is 0. The molecule has 25 heavy (non-hydrogen) atoms. The van der Waals surface area contributed by atoms with E-state index in [1.807, 2.05) is 4.90 Å². The number of likely N-dealkylation sites (tertiary alicyclic amines) is 2. The Morgan fingerprint density at radius 1 is 1.16 bits per heavy atom. The number of amides is 2. The van der Waals surface area contributed by atoms with E-state index in [1.165, 1.54) is 17.5 Å². The quantitative estimate of drug-likeness (QED) is 0.898. The van der Waals surface area contributed by atoms with Gasteiger partial charge in [0.1, 0.15) is 0 Å². The van der Waals surface area contributed by atoms with Gasteiger partial charge in [0.05, 0.1) is 12.5 Å². The van der Waals surface area contributed by atoms with Gasteiger partial charge >= 0.3 is 0 Å². The van der Waals surface area contributed by atoms with Crippen molar-refractivity contribution in [3.8, 4) is 0 Å². The molecule has 1 aliphatic carbocycles. The molecule has 134 valence electrons. The van der Waals surface area contributed by atoms with Crippen molar-refractivity contribution in [1.29, 1.82) is 0 Å². The van der Waals surface area contributed by atoms with E-state index in [1.54, 1.807) is 0 Å². The van der Waals surface area contributed by atoms with Crippen LogP contribution in [0, 0.1) is 11.3 Å². The molecule has 2 aliphatic heterocycles. The Morgan fingerprint density at radius 3 is 2.56 bits per heavy atom. The molecule has 5 nitrogen and oxygen atoms in total. The Balaban J connectivity index is 1.34. The minimum atomic E-state index is -0.277. The summed E-state index contributed by atoms with van der Waals surface area (Å²) in [6.07, 6.45) is 5.13. The topological polar surface area (TPSA) is 66.6 Å². The fourth-order valence-corrected chi connectivity index (χ4v) is 4.95. The number of nitrogens with two attached hydrogens (primary N) is 1. The molecule has 5 heteroatoms. The maximum atomic E-state index is 12.7. The van der Waals surface area contributed by atoms with Crippen LogP contribution >= 0.6 is 0 Å². The van der Waals surface area contributed by atoms with Crippen LogP contribution in [0.5, 0.6) is 0 Å². The van der Waals surface area contributed by atoms with Crippen molar-refractivity contribution < 1.29 is 9.59 Å². The van der Waals surface area contributed by atoms with Gasteiger partial charge in [-0.1, -0.05) is 24.3 Å². The average Bonchev–Trinajstić information content (AvgIpc) is 3.17. The normalized spacial score (nSPS) is 25.3. The average molecular weight is 341 g/mol. The van der Waals surface area contributed by atoms with E-state index in [4.69, 9.17) is 5.73 Å². The second kappa shape index (κ2) is 6.45. The van der Waals surface area contributed by atoms with Crippen molar-refractivity contribution in [2.24, 2.45) is 17.1 Å². The van der Waals surface area contributed by atoms with Gasteiger partial charge in [-0.3, -0.25) is 14.5 Å². The van der Waals surface area contributed by atoms with Crippen molar-refractivity contribution >= 4 is 11.8 Å². The number of carbonyl (C=O) groups is 2. The molecule has 1 spiro atoms. The highest BCUT2D eigenvalue weighted by Gasteiger charge is 2.43. The Hall–Kier alpha value is -1.88. The lowest BCUT2D eigenvalue weighted by Crippen LogP contribution is -2.47.